The van der Waals surface area contributed by atoms with Crippen molar-refractivity contribution in [3.8, 4) is 11.5 Å². The Labute approximate surface area is 150 Å². The number of ether oxygens (including phenoxy) is 2. The molecule has 0 radical (unpaired) electrons. The Bertz CT molecular complexity index is 850. The van der Waals surface area contributed by atoms with Crippen molar-refractivity contribution in [2.45, 2.75) is 12.5 Å². The molecule has 2 aliphatic carbocycles. The summed E-state index contributed by atoms with van der Waals surface area (Å²) in [6, 6.07) is 5.60. The molecular formula is C19H20N2O5. The maximum atomic E-state index is 12.6. The molecule has 2 amide bonds. The molecule has 2 aliphatic heterocycles. The van der Waals surface area contributed by atoms with Gasteiger partial charge in [0.15, 0.2) is 0 Å². The van der Waals surface area contributed by atoms with Gasteiger partial charge in [0.1, 0.15) is 17.6 Å². The van der Waals surface area contributed by atoms with Crippen molar-refractivity contribution in [3.63, 3.8) is 0 Å². The standard InChI is InChI=1S/C19H20N2O5/c1-21-18(22)13-10-7-11(14(13)19(21)23)17-15(10)16(20-26-17)9-5-4-8(24-2)6-12(9)25-3/h4-6,10-11,13-15,17H,7H2,1-3H3. The Morgan fingerprint density at radius 3 is 2.50 bits per heavy atom. The number of hydrogen-bond donors (Lipinski definition) is 0. The minimum absolute atomic E-state index is 0.0202. The van der Waals surface area contributed by atoms with E-state index < -0.39 is 0 Å². The first-order valence-electron chi connectivity index (χ1n) is 8.84. The van der Waals surface area contributed by atoms with Crippen LogP contribution in [0.25, 0.3) is 0 Å². The van der Waals surface area contributed by atoms with Crippen molar-refractivity contribution >= 4 is 17.5 Å². The van der Waals surface area contributed by atoms with Gasteiger partial charge in [0, 0.05) is 30.5 Å². The van der Waals surface area contributed by atoms with Crippen LogP contribution >= 0.6 is 0 Å². The van der Waals surface area contributed by atoms with E-state index in [-0.39, 0.29) is 47.5 Å². The Balaban J connectivity index is 1.53. The number of benzene rings is 1. The van der Waals surface area contributed by atoms with Gasteiger partial charge in [-0.05, 0) is 24.5 Å². The Morgan fingerprint density at radius 1 is 1.08 bits per heavy atom. The first-order chi connectivity index (χ1) is 12.6. The van der Waals surface area contributed by atoms with E-state index in [4.69, 9.17) is 14.3 Å². The zero-order chi connectivity index (χ0) is 18.2. The van der Waals surface area contributed by atoms with Gasteiger partial charge in [-0.3, -0.25) is 14.5 Å². The zero-order valence-corrected chi connectivity index (χ0v) is 14.8. The molecule has 5 rings (SSSR count). The maximum absolute atomic E-state index is 12.6. The number of carbonyl (C=O) groups is 2. The fourth-order valence-corrected chi connectivity index (χ4v) is 5.51. The number of methoxy groups -OCH3 is 2. The van der Waals surface area contributed by atoms with E-state index in [0.717, 1.165) is 17.7 Å². The summed E-state index contributed by atoms with van der Waals surface area (Å²) in [7, 11) is 4.80. The molecule has 1 aromatic carbocycles. The van der Waals surface area contributed by atoms with Crippen LogP contribution < -0.4 is 9.47 Å². The number of imide groups is 1. The topological polar surface area (TPSA) is 77.4 Å². The average molecular weight is 356 g/mol. The van der Waals surface area contributed by atoms with Gasteiger partial charge in [-0.25, -0.2) is 0 Å². The Hall–Kier alpha value is -2.57. The maximum Gasteiger partial charge on any atom is 0.233 e. The van der Waals surface area contributed by atoms with E-state index in [2.05, 4.69) is 5.16 Å². The highest BCUT2D eigenvalue weighted by molar-refractivity contribution is 6.09. The molecule has 7 nitrogen and oxygen atoms in total. The fraction of sp³-hybridized carbons (Fsp3) is 0.526. The number of fused-ring (bicyclic) bond motifs is 8. The van der Waals surface area contributed by atoms with E-state index in [1.54, 1.807) is 21.3 Å². The number of oxime groups is 1. The third-order valence-corrected chi connectivity index (χ3v) is 6.60. The van der Waals surface area contributed by atoms with Crippen LogP contribution in [0.15, 0.2) is 23.4 Å². The number of amides is 2. The van der Waals surface area contributed by atoms with Crippen molar-refractivity contribution in [2.24, 2.45) is 34.7 Å². The molecule has 4 aliphatic rings. The van der Waals surface area contributed by atoms with Crippen molar-refractivity contribution in [1.82, 2.24) is 4.90 Å². The number of rotatable bonds is 3. The molecule has 7 heteroatoms. The van der Waals surface area contributed by atoms with Crippen LogP contribution in [-0.2, 0) is 14.4 Å². The molecule has 1 saturated heterocycles. The molecule has 6 atom stereocenters. The number of carbonyl (C=O) groups excluding carboxylic acids is 2. The van der Waals surface area contributed by atoms with Crippen LogP contribution in [0.3, 0.4) is 0 Å². The summed E-state index contributed by atoms with van der Waals surface area (Å²) in [5.74, 6) is 0.925. The van der Waals surface area contributed by atoms with Gasteiger partial charge >= 0.3 is 0 Å². The summed E-state index contributed by atoms with van der Waals surface area (Å²) in [6.07, 6.45) is 0.708. The lowest BCUT2D eigenvalue weighted by Crippen LogP contribution is -2.41. The fourth-order valence-electron chi connectivity index (χ4n) is 5.51. The molecule has 3 fully saturated rings. The molecule has 0 spiro atoms. The molecular weight excluding hydrogens is 336 g/mol. The normalized spacial score (nSPS) is 36.7. The van der Waals surface area contributed by atoms with Gasteiger partial charge in [-0.15, -0.1) is 0 Å². The smallest absolute Gasteiger partial charge is 0.233 e. The molecule has 2 saturated carbocycles. The summed E-state index contributed by atoms with van der Waals surface area (Å²) in [6.45, 7) is 0. The predicted octanol–water partition coefficient (Wildman–Crippen LogP) is 1.30. The van der Waals surface area contributed by atoms with Gasteiger partial charge in [0.25, 0.3) is 0 Å². The molecule has 1 aromatic rings. The highest BCUT2D eigenvalue weighted by atomic mass is 16.6. The van der Waals surface area contributed by atoms with Gasteiger partial charge in [0.2, 0.25) is 11.8 Å². The first kappa shape index (κ1) is 15.7. The average Bonchev–Trinajstić information content (AvgIpc) is 3.39. The van der Waals surface area contributed by atoms with Gasteiger partial charge in [0.05, 0.1) is 31.8 Å². The Morgan fingerprint density at radius 2 is 1.81 bits per heavy atom. The van der Waals surface area contributed by atoms with Crippen molar-refractivity contribution in [3.05, 3.63) is 23.8 Å². The third kappa shape index (κ3) is 1.75. The van der Waals surface area contributed by atoms with Gasteiger partial charge in [-0.2, -0.15) is 0 Å². The predicted molar refractivity (Wildman–Crippen MR) is 90.8 cm³/mol. The monoisotopic (exact) mass is 356 g/mol. The van der Waals surface area contributed by atoms with Crippen LogP contribution in [0.5, 0.6) is 11.5 Å². The number of likely N-dealkylation sites (tertiary alicyclic amines) is 1. The van der Waals surface area contributed by atoms with Crippen molar-refractivity contribution < 1.29 is 23.9 Å². The zero-order valence-electron chi connectivity index (χ0n) is 14.8. The molecule has 0 N–H and O–H groups in total. The van der Waals surface area contributed by atoms with E-state index in [0.29, 0.717) is 11.5 Å². The molecule has 2 heterocycles. The summed E-state index contributed by atoms with van der Waals surface area (Å²) >= 11 is 0. The number of hydrogen-bond acceptors (Lipinski definition) is 6. The SMILES string of the molecule is COc1ccc(C2=NOC3C4CC(C23)C2C(=O)N(C)C(=O)C42)c(OC)c1. The molecule has 2 bridgehead atoms. The number of nitrogens with zero attached hydrogens (tertiary/aromatic N) is 2. The molecule has 26 heavy (non-hydrogen) atoms. The van der Waals surface area contributed by atoms with Crippen LogP contribution in [0.4, 0.5) is 0 Å². The lowest BCUT2D eigenvalue weighted by molar-refractivity contribution is -0.139. The summed E-state index contributed by atoms with van der Waals surface area (Å²) in [4.78, 5) is 32.2. The minimum atomic E-state index is -0.244. The quantitative estimate of drug-likeness (QED) is 0.763. The molecule has 0 aromatic heterocycles. The van der Waals surface area contributed by atoms with Gasteiger partial charge < -0.3 is 14.3 Å². The summed E-state index contributed by atoms with van der Waals surface area (Å²) in [5.41, 5.74) is 1.67. The van der Waals surface area contributed by atoms with E-state index in [1.165, 1.54) is 4.90 Å². The summed E-state index contributed by atoms with van der Waals surface area (Å²) < 4.78 is 10.8. The van der Waals surface area contributed by atoms with Crippen LogP contribution in [-0.4, -0.2) is 49.8 Å². The largest absolute Gasteiger partial charge is 0.497 e. The second-order valence-corrected chi connectivity index (χ2v) is 7.49. The van der Waals surface area contributed by atoms with E-state index in [1.807, 2.05) is 18.2 Å². The van der Waals surface area contributed by atoms with E-state index >= 15 is 0 Å². The van der Waals surface area contributed by atoms with E-state index in [9.17, 15) is 9.59 Å². The third-order valence-electron chi connectivity index (χ3n) is 6.60. The van der Waals surface area contributed by atoms with Crippen molar-refractivity contribution in [2.75, 3.05) is 21.3 Å². The highest BCUT2D eigenvalue weighted by Gasteiger charge is 2.70. The van der Waals surface area contributed by atoms with Crippen LogP contribution in [0, 0.1) is 29.6 Å². The van der Waals surface area contributed by atoms with Crippen molar-refractivity contribution in [1.29, 1.82) is 0 Å². The van der Waals surface area contributed by atoms with Gasteiger partial charge in [-0.1, -0.05) is 5.16 Å². The minimum Gasteiger partial charge on any atom is -0.497 e. The highest BCUT2D eigenvalue weighted by Crippen LogP contribution is 2.61. The van der Waals surface area contributed by atoms with Crippen LogP contribution in [0.1, 0.15) is 12.0 Å². The molecule has 136 valence electrons. The first-order valence-corrected chi connectivity index (χ1v) is 8.84. The second-order valence-electron chi connectivity index (χ2n) is 7.49. The Kier molecular flexibility index (Phi) is 3.14. The second kappa shape index (κ2) is 5.22. The lowest BCUT2D eigenvalue weighted by atomic mass is 9.71. The summed E-state index contributed by atoms with van der Waals surface area (Å²) in [5, 5.41) is 4.35. The molecule has 6 unspecified atom stereocenters. The van der Waals surface area contributed by atoms with Crippen LogP contribution in [0.2, 0.25) is 0 Å². The lowest BCUT2D eigenvalue weighted by Gasteiger charge is -2.30.